The Morgan fingerprint density at radius 1 is 1.45 bits per heavy atom. The van der Waals surface area contributed by atoms with Crippen LogP contribution in [0.15, 0.2) is 18.2 Å². The number of anilines is 1. The number of fused-ring (bicyclic) bond motifs is 1. The van der Waals surface area contributed by atoms with Gasteiger partial charge in [0.05, 0.1) is 11.3 Å². The second-order valence-electron chi connectivity index (χ2n) is 5.31. The molecule has 0 fully saturated rings. The van der Waals surface area contributed by atoms with Gasteiger partial charge in [0.25, 0.3) is 5.91 Å². The van der Waals surface area contributed by atoms with E-state index in [0.29, 0.717) is 23.8 Å². The number of amides is 1. The third-order valence-electron chi connectivity index (χ3n) is 3.81. The van der Waals surface area contributed by atoms with E-state index in [1.807, 2.05) is 30.0 Å². The van der Waals surface area contributed by atoms with Crippen LogP contribution >= 0.6 is 0 Å². The van der Waals surface area contributed by atoms with E-state index in [-0.39, 0.29) is 5.91 Å². The highest BCUT2D eigenvalue weighted by Crippen LogP contribution is 2.32. The molecule has 0 saturated carbocycles. The maximum atomic E-state index is 12.7. The zero-order valence-corrected chi connectivity index (χ0v) is 12.6. The van der Waals surface area contributed by atoms with Gasteiger partial charge in [0.15, 0.2) is 5.75 Å². The molecule has 1 aromatic rings. The first-order valence-corrected chi connectivity index (χ1v) is 7.46. The Bertz CT molecular complexity index is 474. The summed E-state index contributed by atoms with van der Waals surface area (Å²) in [6.45, 7) is 9.26. The van der Waals surface area contributed by atoms with Crippen molar-refractivity contribution in [3.8, 4) is 5.75 Å². The number of carbonyl (C=O) groups is 1. The predicted molar refractivity (Wildman–Crippen MR) is 81.5 cm³/mol. The Morgan fingerprint density at radius 2 is 2.25 bits per heavy atom. The highest BCUT2D eigenvalue weighted by atomic mass is 16.5. The van der Waals surface area contributed by atoms with E-state index in [9.17, 15) is 4.79 Å². The van der Waals surface area contributed by atoms with E-state index in [4.69, 9.17) is 4.74 Å². The Labute approximate surface area is 121 Å². The quantitative estimate of drug-likeness (QED) is 0.899. The summed E-state index contributed by atoms with van der Waals surface area (Å²) in [5.41, 5.74) is 1.58. The minimum absolute atomic E-state index is 0.0633. The predicted octanol–water partition coefficient (Wildman–Crippen LogP) is 3.00. The first-order valence-electron chi connectivity index (χ1n) is 7.46. The number of hydrogen-bond donors (Lipinski definition) is 1. The van der Waals surface area contributed by atoms with E-state index in [1.54, 1.807) is 0 Å². The monoisotopic (exact) mass is 276 g/mol. The number of para-hydroxylation sites is 1. The van der Waals surface area contributed by atoms with Gasteiger partial charge in [-0.15, -0.1) is 0 Å². The third-order valence-corrected chi connectivity index (χ3v) is 3.81. The molecule has 1 aliphatic heterocycles. The molecule has 1 unspecified atom stereocenters. The molecule has 0 saturated heterocycles. The van der Waals surface area contributed by atoms with Crippen LogP contribution in [0.5, 0.6) is 5.75 Å². The third kappa shape index (κ3) is 3.06. The first kappa shape index (κ1) is 14.7. The van der Waals surface area contributed by atoms with Crippen LogP contribution in [0.3, 0.4) is 0 Å². The van der Waals surface area contributed by atoms with Gasteiger partial charge >= 0.3 is 0 Å². The van der Waals surface area contributed by atoms with Gasteiger partial charge in [0.1, 0.15) is 6.61 Å². The SMILES string of the molecule is CCC(C)CN(CC)C(=O)c1cccc2c1OCCN2. The van der Waals surface area contributed by atoms with Crippen molar-refractivity contribution >= 4 is 11.6 Å². The van der Waals surface area contributed by atoms with E-state index >= 15 is 0 Å². The molecule has 1 amide bonds. The van der Waals surface area contributed by atoms with Gasteiger partial charge in [-0.25, -0.2) is 0 Å². The zero-order valence-electron chi connectivity index (χ0n) is 12.6. The second-order valence-corrected chi connectivity index (χ2v) is 5.31. The number of nitrogens with one attached hydrogen (secondary N) is 1. The number of benzene rings is 1. The van der Waals surface area contributed by atoms with Crippen LogP contribution in [-0.4, -0.2) is 37.0 Å². The minimum Gasteiger partial charge on any atom is -0.489 e. The standard InChI is InChI=1S/C16H24N2O2/c1-4-12(3)11-18(5-2)16(19)13-7-6-8-14-15(13)20-10-9-17-14/h6-8,12,17H,4-5,9-11H2,1-3H3. The maximum absolute atomic E-state index is 12.7. The Morgan fingerprint density at radius 3 is 2.95 bits per heavy atom. The van der Waals surface area contributed by atoms with Gasteiger partial charge in [-0.3, -0.25) is 4.79 Å². The van der Waals surface area contributed by atoms with Crippen LogP contribution in [0.25, 0.3) is 0 Å². The number of rotatable bonds is 5. The molecule has 20 heavy (non-hydrogen) atoms. The number of ether oxygens (including phenoxy) is 1. The summed E-state index contributed by atoms with van der Waals surface area (Å²) in [5.74, 6) is 1.28. The smallest absolute Gasteiger partial charge is 0.257 e. The average molecular weight is 276 g/mol. The topological polar surface area (TPSA) is 41.6 Å². The molecule has 0 spiro atoms. The van der Waals surface area contributed by atoms with Gasteiger partial charge in [0, 0.05) is 19.6 Å². The Hall–Kier alpha value is -1.71. The van der Waals surface area contributed by atoms with Crippen molar-refractivity contribution in [2.24, 2.45) is 5.92 Å². The largest absolute Gasteiger partial charge is 0.489 e. The van der Waals surface area contributed by atoms with Gasteiger partial charge in [-0.2, -0.15) is 0 Å². The van der Waals surface area contributed by atoms with Gasteiger partial charge in [-0.05, 0) is 25.0 Å². The lowest BCUT2D eigenvalue weighted by Crippen LogP contribution is -2.35. The molecular formula is C16H24N2O2. The van der Waals surface area contributed by atoms with Crippen molar-refractivity contribution in [2.45, 2.75) is 27.2 Å². The molecular weight excluding hydrogens is 252 g/mol. The van der Waals surface area contributed by atoms with E-state index in [0.717, 1.165) is 31.7 Å². The number of carbonyl (C=O) groups excluding carboxylic acids is 1. The van der Waals surface area contributed by atoms with Gasteiger partial charge in [0.2, 0.25) is 0 Å². The molecule has 1 aromatic carbocycles. The lowest BCUT2D eigenvalue weighted by atomic mass is 10.1. The molecule has 1 heterocycles. The molecule has 1 N–H and O–H groups in total. The first-order chi connectivity index (χ1) is 9.67. The normalized spacial score (nSPS) is 14.8. The van der Waals surface area contributed by atoms with Crippen molar-refractivity contribution in [2.75, 3.05) is 31.6 Å². The lowest BCUT2D eigenvalue weighted by Gasteiger charge is -2.27. The highest BCUT2D eigenvalue weighted by molar-refractivity contribution is 5.99. The number of nitrogens with zero attached hydrogens (tertiary/aromatic N) is 1. The lowest BCUT2D eigenvalue weighted by molar-refractivity contribution is 0.0736. The molecule has 0 bridgehead atoms. The summed E-state index contributed by atoms with van der Waals surface area (Å²) in [6, 6.07) is 5.72. The summed E-state index contributed by atoms with van der Waals surface area (Å²) >= 11 is 0. The van der Waals surface area contributed by atoms with Gasteiger partial charge in [-0.1, -0.05) is 26.3 Å². The van der Waals surface area contributed by atoms with Crippen molar-refractivity contribution in [1.82, 2.24) is 4.90 Å². The van der Waals surface area contributed by atoms with Crippen molar-refractivity contribution in [1.29, 1.82) is 0 Å². The molecule has 4 heteroatoms. The molecule has 4 nitrogen and oxygen atoms in total. The summed E-state index contributed by atoms with van der Waals surface area (Å²) in [7, 11) is 0. The van der Waals surface area contributed by atoms with Crippen LogP contribution in [0, 0.1) is 5.92 Å². The van der Waals surface area contributed by atoms with Crippen LogP contribution in [0.1, 0.15) is 37.6 Å². The van der Waals surface area contributed by atoms with Crippen LogP contribution in [0.4, 0.5) is 5.69 Å². The molecule has 1 atom stereocenters. The molecule has 0 aliphatic carbocycles. The minimum atomic E-state index is 0.0633. The van der Waals surface area contributed by atoms with Crippen molar-refractivity contribution in [3.63, 3.8) is 0 Å². The Kier molecular flexibility index (Phi) is 4.88. The maximum Gasteiger partial charge on any atom is 0.257 e. The highest BCUT2D eigenvalue weighted by Gasteiger charge is 2.23. The van der Waals surface area contributed by atoms with E-state index < -0.39 is 0 Å². The van der Waals surface area contributed by atoms with E-state index in [2.05, 4.69) is 19.2 Å². The second kappa shape index (κ2) is 6.64. The summed E-state index contributed by atoms with van der Waals surface area (Å²) < 4.78 is 5.69. The van der Waals surface area contributed by atoms with Crippen molar-refractivity contribution < 1.29 is 9.53 Å². The average Bonchev–Trinajstić information content (AvgIpc) is 2.51. The number of hydrogen-bond acceptors (Lipinski definition) is 3. The van der Waals surface area contributed by atoms with Gasteiger partial charge < -0.3 is 15.0 Å². The van der Waals surface area contributed by atoms with Crippen LogP contribution in [-0.2, 0) is 0 Å². The summed E-state index contributed by atoms with van der Waals surface area (Å²) in [4.78, 5) is 14.6. The summed E-state index contributed by atoms with van der Waals surface area (Å²) in [6.07, 6.45) is 1.08. The van der Waals surface area contributed by atoms with Crippen LogP contribution < -0.4 is 10.1 Å². The molecule has 2 rings (SSSR count). The van der Waals surface area contributed by atoms with Crippen LogP contribution in [0.2, 0.25) is 0 Å². The molecule has 0 radical (unpaired) electrons. The molecule has 0 aromatic heterocycles. The molecule has 1 aliphatic rings. The van der Waals surface area contributed by atoms with E-state index in [1.165, 1.54) is 0 Å². The summed E-state index contributed by atoms with van der Waals surface area (Å²) in [5, 5.41) is 3.27. The molecule has 110 valence electrons. The fourth-order valence-electron chi connectivity index (χ4n) is 2.37. The fourth-order valence-corrected chi connectivity index (χ4v) is 2.37. The fraction of sp³-hybridized carbons (Fsp3) is 0.562. The zero-order chi connectivity index (χ0) is 14.5. The van der Waals surface area contributed by atoms with Crippen molar-refractivity contribution in [3.05, 3.63) is 23.8 Å². The Balaban J connectivity index is 2.23.